The molecule has 0 unspecified atom stereocenters. The number of benzene rings is 1. The maximum absolute atomic E-state index is 13.3. The first-order valence-electron chi connectivity index (χ1n) is 8.28. The number of amides is 2. The summed E-state index contributed by atoms with van der Waals surface area (Å²) in [4.78, 5) is 27.1. The zero-order chi connectivity index (χ0) is 18.4. The number of nitrogens with zero attached hydrogens (tertiary/aromatic N) is 2. The lowest BCUT2D eigenvalue weighted by molar-refractivity contribution is -0.138. The van der Waals surface area contributed by atoms with Crippen molar-refractivity contribution in [3.63, 3.8) is 0 Å². The third kappa shape index (κ3) is 4.98. The molecule has 1 aliphatic heterocycles. The summed E-state index contributed by atoms with van der Waals surface area (Å²) in [6.45, 7) is 6.84. The van der Waals surface area contributed by atoms with Gasteiger partial charge in [0.05, 0.1) is 6.54 Å². The lowest BCUT2D eigenvalue weighted by Gasteiger charge is -2.30. The number of halogens is 2. The summed E-state index contributed by atoms with van der Waals surface area (Å²) in [6.07, 6.45) is 4.39. The smallest absolute Gasteiger partial charge is 0.246 e. The van der Waals surface area contributed by atoms with Crippen LogP contribution in [0.25, 0.3) is 6.08 Å². The van der Waals surface area contributed by atoms with Crippen LogP contribution in [0, 0.1) is 11.6 Å². The van der Waals surface area contributed by atoms with Crippen LogP contribution in [0.1, 0.15) is 25.3 Å². The topological polar surface area (TPSA) is 40.6 Å². The Balaban J connectivity index is 1.93. The third-order valence-corrected chi connectivity index (χ3v) is 4.27. The van der Waals surface area contributed by atoms with Gasteiger partial charge in [-0.05, 0) is 43.5 Å². The number of likely N-dealkylation sites (tertiary alicyclic amines) is 1. The first-order chi connectivity index (χ1) is 11.9. The molecule has 1 saturated heterocycles. The zero-order valence-electron chi connectivity index (χ0n) is 14.3. The molecule has 0 saturated carbocycles. The quantitative estimate of drug-likeness (QED) is 0.768. The van der Waals surface area contributed by atoms with Crippen molar-refractivity contribution in [1.29, 1.82) is 0 Å². The molecule has 1 fully saturated rings. The van der Waals surface area contributed by atoms with Crippen LogP contribution in [0.4, 0.5) is 8.78 Å². The molecule has 4 nitrogen and oxygen atoms in total. The molecule has 25 heavy (non-hydrogen) atoms. The van der Waals surface area contributed by atoms with Crippen molar-refractivity contribution in [2.75, 3.05) is 26.2 Å². The molecule has 0 bridgehead atoms. The van der Waals surface area contributed by atoms with Crippen molar-refractivity contribution in [3.05, 3.63) is 53.6 Å². The molecule has 0 radical (unpaired) electrons. The van der Waals surface area contributed by atoms with Gasteiger partial charge in [-0.25, -0.2) is 8.78 Å². The van der Waals surface area contributed by atoms with Crippen molar-refractivity contribution in [3.8, 4) is 0 Å². The van der Waals surface area contributed by atoms with Crippen LogP contribution >= 0.6 is 0 Å². The molecule has 0 atom stereocenters. The van der Waals surface area contributed by atoms with Gasteiger partial charge in [-0.15, -0.1) is 0 Å². The Kier molecular flexibility index (Phi) is 6.44. The molecule has 2 rings (SSSR count). The van der Waals surface area contributed by atoms with E-state index >= 15 is 0 Å². The molecule has 0 N–H and O–H groups in total. The molecule has 1 aromatic carbocycles. The Morgan fingerprint density at radius 1 is 1.24 bits per heavy atom. The van der Waals surface area contributed by atoms with E-state index in [9.17, 15) is 18.4 Å². The Morgan fingerprint density at radius 3 is 2.48 bits per heavy atom. The van der Waals surface area contributed by atoms with Crippen LogP contribution in [0.15, 0.2) is 36.4 Å². The van der Waals surface area contributed by atoms with Crippen molar-refractivity contribution in [2.24, 2.45) is 0 Å². The van der Waals surface area contributed by atoms with Gasteiger partial charge in [-0.2, -0.15) is 0 Å². The molecular formula is C19H22F2N2O2. The molecule has 0 aliphatic carbocycles. The molecule has 6 heteroatoms. The van der Waals surface area contributed by atoms with Crippen LogP contribution < -0.4 is 0 Å². The van der Waals surface area contributed by atoms with Crippen molar-refractivity contribution < 1.29 is 18.4 Å². The highest BCUT2D eigenvalue weighted by Gasteiger charge is 2.22. The number of carbonyl (C=O) groups is 2. The minimum Gasteiger partial charge on any atom is -0.341 e. The van der Waals surface area contributed by atoms with Crippen LogP contribution in [0.2, 0.25) is 0 Å². The van der Waals surface area contributed by atoms with Crippen molar-refractivity contribution in [1.82, 2.24) is 9.80 Å². The van der Waals surface area contributed by atoms with E-state index in [1.165, 1.54) is 23.1 Å². The predicted molar refractivity (Wildman–Crippen MR) is 92.6 cm³/mol. The van der Waals surface area contributed by atoms with Gasteiger partial charge < -0.3 is 9.80 Å². The Bertz CT molecular complexity index is 691. The molecular weight excluding hydrogens is 326 g/mol. The van der Waals surface area contributed by atoms with Gasteiger partial charge in [-0.1, -0.05) is 24.3 Å². The van der Waals surface area contributed by atoms with Crippen molar-refractivity contribution >= 4 is 17.9 Å². The molecule has 134 valence electrons. The van der Waals surface area contributed by atoms with Crippen LogP contribution in [-0.4, -0.2) is 47.8 Å². The molecule has 1 aliphatic rings. The second kappa shape index (κ2) is 8.55. The maximum atomic E-state index is 13.3. The van der Waals surface area contributed by atoms with Gasteiger partial charge in [0.25, 0.3) is 0 Å². The van der Waals surface area contributed by atoms with Crippen LogP contribution in [0.3, 0.4) is 0 Å². The number of carbonyl (C=O) groups excluding carboxylic acids is 2. The van der Waals surface area contributed by atoms with Crippen LogP contribution in [0.5, 0.6) is 0 Å². The SMILES string of the molecule is C=CC(=O)N(CC)CC(=O)N1CCC(=Cc2ccc(F)c(F)c2)CC1. The lowest BCUT2D eigenvalue weighted by Crippen LogP contribution is -2.44. The zero-order valence-corrected chi connectivity index (χ0v) is 14.3. The molecule has 1 aromatic rings. The van der Waals surface area contributed by atoms with E-state index in [-0.39, 0.29) is 18.4 Å². The average molecular weight is 348 g/mol. The van der Waals surface area contributed by atoms with Gasteiger partial charge in [0.1, 0.15) is 0 Å². The number of hydrogen-bond donors (Lipinski definition) is 0. The predicted octanol–water partition coefficient (Wildman–Crippen LogP) is 3.01. The minimum atomic E-state index is -0.867. The van der Waals surface area contributed by atoms with E-state index in [0.717, 1.165) is 11.6 Å². The summed E-state index contributed by atoms with van der Waals surface area (Å²) in [7, 11) is 0. The third-order valence-electron chi connectivity index (χ3n) is 4.27. The first kappa shape index (κ1) is 18.8. The minimum absolute atomic E-state index is 0.0452. The summed E-state index contributed by atoms with van der Waals surface area (Å²) >= 11 is 0. The van der Waals surface area contributed by atoms with Gasteiger partial charge >= 0.3 is 0 Å². The lowest BCUT2D eigenvalue weighted by atomic mass is 10.0. The summed E-state index contributed by atoms with van der Waals surface area (Å²) < 4.78 is 26.2. The summed E-state index contributed by atoms with van der Waals surface area (Å²) in [6, 6.07) is 3.80. The average Bonchev–Trinajstić information content (AvgIpc) is 2.62. The standard InChI is InChI=1S/C19H22F2N2O2/c1-3-18(24)22(4-2)13-19(25)23-9-7-14(8-10-23)11-15-5-6-16(20)17(21)12-15/h3,5-6,11-12H,1,4,7-10,13H2,2H3. The first-order valence-corrected chi connectivity index (χ1v) is 8.28. The largest absolute Gasteiger partial charge is 0.341 e. The van der Waals surface area contributed by atoms with E-state index in [1.54, 1.807) is 4.90 Å². The van der Waals surface area contributed by atoms with E-state index in [4.69, 9.17) is 0 Å². The Morgan fingerprint density at radius 2 is 1.92 bits per heavy atom. The second-order valence-electron chi connectivity index (χ2n) is 5.91. The highest BCUT2D eigenvalue weighted by atomic mass is 19.2. The molecule has 0 spiro atoms. The van der Waals surface area contributed by atoms with Gasteiger partial charge in [-0.3, -0.25) is 9.59 Å². The highest BCUT2D eigenvalue weighted by molar-refractivity contribution is 5.90. The summed E-state index contributed by atoms with van der Waals surface area (Å²) in [5, 5.41) is 0. The van der Waals surface area contributed by atoms with Gasteiger partial charge in [0, 0.05) is 19.6 Å². The monoisotopic (exact) mass is 348 g/mol. The fraction of sp³-hybridized carbons (Fsp3) is 0.368. The normalized spacial score (nSPS) is 14.2. The Hall–Kier alpha value is -2.50. The van der Waals surface area contributed by atoms with E-state index in [1.807, 2.05) is 13.0 Å². The van der Waals surface area contributed by atoms with E-state index < -0.39 is 11.6 Å². The molecule has 1 heterocycles. The number of likely N-dealkylation sites (N-methyl/N-ethyl adjacent to an activating group) is 1. The molecule has 2 amide bonds. The number of piperidine rings is 1. The molecule has 0 aromatic heterocycles. The fourth-order valence-electron chi connectivity index (χ4n) is 2.76. The van der Waals surface area contributed by atoms with Gasteiger partial charge in [0.2, 0.25) is 11.8 Å². The van der Waals surface area contributed by atoms with E-state index in [0.29, 0.717) is 38.0 Å². The van der Waals surface area contributed by atoms with Crippen molar-refractivity contribution in [2.45, 2.75) is 19.8 Å². The highest BCUT2D eigenvalue weighted by Crippen LogP contribution is 2.20. The summed E-state index contributed by atoms with van der Waals surface area (Å²) in [5.41, 5.74) is 1.70. The Labute approximate surface area is 146 Å². The number of rotatable bonds is 5. The maximum Gasteiger partial charge on any atom is 0.246 e. The van der Waals surface area contributed by atoms with Gasteiger partial charge in [0.15, 0.2) is 11.6 Å². The van der Waals surface area contributed by atoms with Crippen LogP contribution in [-0.2, 0) is 9.59 Å². The fourth-order valence-corrected chi connectivity index (χ4v) is 2.76. The second-order valence-corrected chi connectivity index (χ2v) is 5.91. The summed E-state index contributed by atoms with van der Waals surface area (Å²) in [5.74, 6) is -2.08. The van der Waals surface area contributed by atoms with E-state index in [2.05, 4.69) is 6.58 Å². The number of hydrogen-bond acceptors (Lipinski definition) is 2.